The fourth-order valence-electron chi connectivity index (χ4n) is 1.34. The van der Waals surface area contributed by atoms with Gasteiger partial charge in [-0.25, -0.2) is 0 Å². The van der Waals surface area contributed by atoms with Gasteiger partial charge in [0.1, 0.15) is 0 Å². The van der Waals surface area contributed by atoms with Crippen LogP contribution in [0.5, 0.6) is 0 Å². The molecule has 3 nitrogen and oxygen atoms in total. The van der Waals surface area contributed by atoms with Crippen LogP contribution in [-0.2, 0) is 0 Å². The molecule has 3 atom stereocenters. The fraction of sp³-hybridized carbons (Fsp3) is 1.00. The highest BCUT2D eigenvalue weighted by Crippen LogP contribution is 2.23. The van der Waals surface area contributed by atoms with Crippen LogP contribution in [0.3, 0.4) is 0 Å². The lowest BCUT2D eigenvalue weighted by Gasteiger charge is -2.08. The Morgan fingerprint density at radius 2 is 2.00 bits per heavy atom. The third-order valence-corrected chi connectivity index (χ3v) is 1.93. The molecule has 0 heterocycles. The number of rotatable bonds is 1. The van der Waals surface area contributed by atoms with Gasteiger partial charge in [-0.3, -0.25) is 0 Å². The van der Waals surface area contributed by atoms with Crippen LogP contribution < -0.4 is 5.73 Å². The molecule has 1 rings (SSSR count). The summed E-state index contributed by atoms with van der Waals surface area (Å²) >= 11 is 0. The Morgan fingerprint density at radius 3 is 2.20 bits per heavy atom. The summed E-state index contributed by atoms with van der Waals surface area (Å²) in [6.07, 6.45) is 1.04. The van der Waals surface area contributed by atoms with Gasteiger partial charge < -0.3 is 15.9 Å². The van der Waals surface area contributed by atoms with E-state index in [2.05, 4.69) is 0 Å². The summed E-state index contributed by atoms with van der Waals surface area (Å²) in [5, 5.41) is 17.8. The molecule has 1 aliphatic rings. The molecule has 62 valence electrons. The van der Waals surface area contributed by atoms with E-state index in [1.54, 1.807) is 0 Å². The average molecular weight is 212 g/mol. The molecule has 0 aromatic carbocycles. The molecule has 10 heavy (non-hydrogen) atoms. The maximum atomic E-state index is 9.12. The number of hydrogen-bond donors (Lipinski definition) is 3. The minimum Gasteiger partial charge on any atom is -0.396 e. The number of halogens is 1. The van der Waals surface area contributed by atoms with Gasteiger partial charge in [-0.15, -0.1) is 17.0 Å². The first-order valence-corrected chi connectivity index (χ1v) is 3.28. The van der Waals surface area contributed by atoms with E-state index in [9.17, 15) is 0 Å². The summed E-state index contributed by atoms with van der Waals surface area (Å²) in [6.45, 7) is 0.0644. The highest BCUT2D eigenvalue weighted by Gasteiger charge is 2.29. The summed E-state index contributed by atoms with van der Waals surface area (Å²) in [7, 11) is 0. The van der Waals surface area contributed by atoms with Gasteiger partial charge in [-0.1, -0.05) is 0 Å². The molecule has 1 aliphatic carbocycles. The standard InChI is InChI=1S/C6H13NO2.BrH/c7-5-1-4(3-8)6(9)2-5;/h4-6,8-9H,1-3,7H2;1H/t4-,5+,6-;/m0./s1. The van der Waals surface area contributed by atoms with Crippen molar-refractivity contribution in [3.8, 4) is 0 Å². The number of aliphatic hydroxyl groups is 2. The van der Waals surface area contributed by atoms with E-state index in [0.717, 1.165) is 6.42 Å². The molecule has 1 fully saturated rings. The SMILES string of the molecule is Br.N[C@@H]1C[C@@H](CO)[C@@H](O)C1. The van der Waals surface area contributed by atoms with E-state index in [-0.39, 0.29) is 41.7 Å². The van der Waals surface area contributed by atoms with Crippen molar-refractivity contribution >= 4 is 17.0 Å². The van der Waals surface area contributed by atoms with Crippen molar-refractivity contribution in [2.75, 3.05) is 6.61 Å². The predicted octanol–water partition coefficient (Wildman–Crippen LogP) is -0.345. The van der Waals surface area contributed by atoms with E-state index in [1.807, 2.05) is 0 Å². The molecule has 0 amide bonds. The zero-order valence-electron chi connectivity index (χ0n) is 5.73. The summed E-state index contributed by atoms with van der Waals surface area (Å²) in [4.78, 5) is 0. The first kappa shape index (κ1) is 10.4. The smallest absolute Gasteiger partial charge is 0.0605 e. The third-order valence-electron chi connectivity index (χ3n) is 1.93. The maximum Gasteiger partial charge on any atom is 0.0605 e. The topological polar surface area (TPSA) is 66.5 Å². The molecule has 0 aromatic heterocycles. The maximum absolute atomic E-state index is 9.12. The monoisotopic (exact) mass is 211 g/mol. The minimum absolute atomic E-state index is 0. The van der Waals surface area contributed by atoms with Crippen LogP contribution in [0.2, 0.25) is 0 Å². The van der Waals surface area contributed by atoms with Crippen molar-refractivity contribution in [1.29, 1.82) is 0 Å². The van der Waals surface area contributed by atoms with E-state index < -0.39 is 0 Å². The summed E-state index contributed by atoms with van der Waals surface area (Å²) in [5.41, 5.74) is 5.52. The van der Waals surface area contributed by atoms with Gasteiger partial charge in [-0.05, 0) is 12.8 Å². The molecule has 0 spiro atoms. The van der Waals surface area contributed by atoms with Crippen molar-refractivity contribution in [2.45, 2.75) is 25.0 Å². The normalized spacial score (nSPS) is 39.3. The van der Waals surface area contributed by atoms with E-state index >= 15 is 0 Å². The summed E-state index contributed by atoms with van der Waals surface area (Å²) < 4.78 is 0. The second-order valence-electron chi connectivity index (χ2n) is 2.74. The van der Waals surface area contributed by atoms with E-state index in [1.165, 1.54) is 0 Å². The Hall–Kier alpha value is 0.360. The van der Waals surface area contributed by atoms with Crippen LogP contribution in [0.4, 0.5) is 0 Å². The fourth-order valence-corrected chi connectivity index (χ4v) is 1.34. The Balaban J connectivity index is 0.000000810. The molecule has 0 radical (unpaired) electrons. The third kappa shape index (κ3) is 2.20. The average Bonchev–Trinajstić information content (AvgIpc) is 2.10. The Labute approximate surface area is 71.0 Å². The molecular weight excluding hydrogens is 198 g/mol. The van der Waals surface area contributed by atoms with Crippen LogP contribution in [0, 0.1) is 5.92 Å². The number of hydrogen-bond acceptors (Lipinski definition) is 3. The zero-order valence-corrected chi connectivity index (χ0v) is 7.45. The highest BCUT2D eigenvalue weighted by atomic mass is 79.9. The lowest BCUT2D eigenvalue weighted by molar-refractivity contribution is 0.0908. The molecule has 0 aliphatic heterocycles. The molecule has 0 bridgehead atoms. The van der Waals surface area contributed by atoms with Crippen molar-refractivity contribution < 1.29 is 10.2 Å². The second kappa shape index (κ2) is 4.28. The predicted molar refractivity (Wildman–Crippen MR) is 44.1 cm³/mol. The number of aliphatic hydroxyl groups excluding tert-OH is 2. The lowest BCUT2D eigenvalue weighted by atomic mass is 10.1. The molecule has 0 unspecified atom stereocenters. The Kier molecular flexibility index (Phi) is 4.44. The summed E-state index contributed by atoms with van der Waals surface area (Å²) in [6, 6.07) is 0.0946. The van der Waals surface area contributed by atoms with Gasteiger partial charge in [-0.2, -0.15) is 0 Å². The van der Waals surface area contributed by atoms with E-state index in [0.29, 0.717) is 6.42 Å². The molecular formula is C6H14BrNO2. The quantitative estimate of drug-likeness (QED) is 0.556. The van der Waals surface area contributed by atoms with Gasteiger partial charge in [0.15, 0.2) is 0 Å². The summed E-state index contributed by atoms with van der Waals surface area (Å²) in [5.74, 6) is 0.0278. The first-order chi connectivity index (χ1) is 4.24. The largest absolute Gasteiger partial charge is 0.396 e. The van der Waals surface area contributed by atoms with Crippen molar-refractivity contribution in [3.63, 3.8) is 0 Å². The molecule has 4 N–H and O–H groups in total. The van der Waals surface area contributed by atoms with Crippen molar-refractivity contribution in [3.05, 3.63) is 0 Å². The van der Waals surface area contributed by atoms with Gasteiger partial charge in [0.05, 0.1) is 6.10 Å². The van der Waals surface area contributed by atoms with Crippen molar-refractivity contribution in [1.82, 2.24) is 0 Å². The van der Waals surface area contributed by atoms with Crippen LogP contribution >= 0.6 is 17.0 Å². The van der Waals surface area contributed by atoms with Gasteiger partial charge in [0, 0.05) is 18.6 Å². The molecule has 0 aromatic rings. The Bertz CT molecular complexity index is 102. The second-order valence-corrected chi connectivity index (χ2v) is 2.74. The van der Waals surface area contributed by atoms with Crippen LogP contribution in [0.1, 0.15) is 12.8 Å². The molecule has 1 saturated carbocycles. The van der Waals surface area contributed by atoms with Gasteiger partial charge >= 0.3 is 0 Å². The minimum atomic E-state index is -0.370. The van der Waals surface area contributed by atoms with Gasteiger partial charge in [0.2, 0.25) is 0 Å². The molecule has 0 saturated heterocycles. The number of nitrogens with two attached hydrogens (primary N) is 1. The van der Waals surface area contributed by atoms with E-state index in [4.69, 9.17) is 15.9 Å². The highest BCUT2D eigenvalue weighted by molar-refractivity contribution is 8.93. The van der Waals surface area contributed by atoms with Crippen molar-refractivity contribution in [2.24, 2.45) is 11.7 Å². The Morgan fingerprint density at radius 1 is 1.40 bits per heavy atom. The molecule has 4 heteroatoms. The van der Waals surface area contributed by atoms with Crippen LogP contribution in [-0.4, -0.2) is 29.0 Å². The van der Waals surface area contributed by atoms with Crippen LogP contribution in [0.15, 0.2) is 0 Å². The van der Waals surface area contributed by atoms with Gasteiger partial charge in [0.25, 0.3) is 0 Å². The zero-order chi connectivity index (χ0) is 6.85. The lowest BCUT2D eigenvalue weighted by Crippen LogP contribution is -2.16. The first-order valence-electron chi connectivity index (χ1n) is 3.28. The van der Waals surface area contributed by atoms with Crippen LogP contribution in [0.25, 0.3) is 0 Å².